The summed E-state index contributed by atoms with van der Waals surface area (Å²) < 4.78 is 39.8. The van der Waals surface area contributed by atoms with E-state index in [-0.39, 0.29) is 34.5 Å². The van der Waals surface area contributed by atoms with Gasteiger partial charge in [0.25, 0.3) is 0 Å². The molecule has 2 aliphatic carbocycles. The molecule has 0 unspecified atom stereocenters. The largest absolute Gasteiger partial charge is 1.00 e. The first-order chi connectivity index (χ1) is 9.99. The second-order valence-corrected chi connectivity index (χ2v) is 6.37. The number of hydrogen-bond donors (Lipinski definition) is 0. The Bertz CT molecular complexity index is 698. The maximum atomic E-state index is 11.5. The Hall–Kier alpha value is -0.590. The van der Waals surface area contributed by atoms with E-state index in [2.05, 4.69) is 6.92 Å². The molecule has 22 heavy (non-hydrogen) atoms. The number of methoxy groups -OCH3 is 1. The fourth-order valence-corrected chi connectivity index (χ4v) is 3.30. The topological polar surface area (TPSA) is 66.4 Å². The van der Waals surface area contributed by atoms with E-state index in [4.69, 9.17) is 4.74 Å². The van der Waals surface area contributed by atoms with Crippen LogP contribution in [0.3, 0.4) is 0 Å². The molecule has 0 atom stereocenters. The third-order valence-corrected chi connectivity index (χ3v) is 4.44. The van der Waals surface area contributed by atoms with Gasteiger partial charge in [0.05, 0.1) is 12.0 Å². The molecule has 0 amide bonds. The van der Waals surface area contributed by atoms with E-state index in [1.807, 2.05) is 0 Å². The molecule has 0 bridgehead atoms. The van der Waals surface area contributed by atoms with E-state index in [1.54, 1.807) is 31.4 Å². The molecule has 0 aromatic rings. The molecule has 0 spiro atoms. The van der Waals surface area contributed by atoms with Crippen molar-refractivity contribution in [1.82, 2.24) is 0 Å². The first kappa shape index (κ1) is 19.5. The number of ether oxygens (including phenoxy) is 1. The van der Waals surface area contributed by atoms with Gasteiger partial charge in [-0.3, -0.25) is 0 Å². The third kappa shape index (κ3) is 4.24. The van der Waals surface area contributed by atoms with E-state index in [9.17, 15) is 13.0 Å². The molecule has 0 aromatic carbocycles. The Kier molecular flexibility index (Phi) is 7.35. The molecule has 0 heterocycles. The van der Waals surface area contributed by atoms with Crippen molar-refractivity contribution in [1.29, 1.82) is 0 Å². The summed E-state index contributed by atoms with van der Waals surface area (Å²) in [5, 5.41) is 0. The maximum absolute atomic E-state index is 11.5. The zero-order chi connectivity index (χ0) is 15.5. The molecule has 2 aliphatic rings. The third-order valence-electron chi connectivity index (χ3n) is 3.57. The minimum absolute atomic E-state index is 0. The van der Waals surface area contributed by atoms with Crippen LogP contribution >= 0.6 is 0 Å². The van der Waals surface area contributed by atoms with Crippen molar-refractivity contribution >= 4 is 10.1 Å². The molecular formula is C16H19NaO4S. The Morgan fingerprint density at radius 3 is 2.45 bits per heavy atom. The van der Waals surface area contributed by atoms with Gasteiger partial charge in [-0.25, -0.2) is 8.42 Å². The van der Waals surface area contributed by atoms with E-state index >= 15 is 0 Å². The van der Waals surface area contributed by atoms with Gasteiger partial charge in [-0.15, -0.1) is 0 Å². The minimum Gasteiger partial charge on any atom is -0.744 e. The van der Waals surface area contributed by atoms with Gasteiger partial charge in [-0.2, -0.15) is 0 Å². The summed E-state index contributed by atoms with van der Waals surface area (Å²) in [6.07, 6.45) is 3.83. The van der Waals surface area contributed by atoms with Crippen LogP contribution in [0.2, 0.25) is 0 Å². The Morgan fingerprint density at radius 2 is 1.86 bits per heavy atom. The summed E-state index contributed by atoms with van der Waals surface area (Å²) in [7, 11) is -2.96. The van der Waals surface area contributed by atoms with E-state index in [0.717, 1.165) is 36.8 Å². The summed E-state index contributed by atoms with van der Waals surface area (Å²) in [5.74, 6) is 0.594. The van der Waals surface area contributed by atoms with Crippen LogP contribution in [0.25, 0.3) is 11.1 Å². The molecule has 0 N–H and O–H groups in total. The standard InChI is InChI=1S/C16H20O4S.Na/c1-3-4-5-8-12-11-15(21(17,18)19)13-9-6-7-10-14(20-2)16(12)13;/h6-7,9-11H,3-5,8H2,1-2H3,(H,17,18,19);/q;+1/p-1. The quantitative estimate of drug-likeness (QED) is 0.438. The van der Waals surface area contributed by atoms with Gasteiger partial charge in [0.1, 0.15) is 15.9 Å². The van der Waals surface area contributed by atoms with Crippen LogP contribution in [-0.4, -0.2) is 20.1 Å². The summed E-state index contributed by atoms with van der Waals surface area (Å²) in [6.45, 7) is 2.11. The van der Waals surface area contributed by atoms with Crippen LogP contribution < -0.4 is 34.3 Å². The zero-order valence-corrected chi connectivity index (χ0v) is 16.1. The van der Waals surface area contributed by atoms with Crippen LogP contribution in [-0.2, 0) is 16.5 Å². The predicted molar refractivity (Wildman–Crippen MR) is 80.8 cm³/mol. The Labute approximate surface area is 154 Å². The van der Waals surface area contributed by atoms with Crippen molar-refractivity contribution in [2.75, 3.05) is 7.11 Å². The second-order valence-electron chi connectivity index (χ2n) is 5.02. The number of fused-ring (bicyclic) bond motifs is 1. The van der Waals surface area contributed by atoms with Crippen LogP contribution in [0.4, 0.5) is 0 Å². The van der Waals surface area contributed by atoms with Crippen LogP contribution in [0, 0.1) is 0 Å². The molecular weight excluding hydrogens is 311 g/mol. The van der Waals surface area contributed by atoms with Crippen molar-refractivity contribution in [2.45, 2.75) is 37.5 Å². The molecule has 2 rings (SSSR count). The molecule has 0 saturated heterocycles. The normalized spacial score (nSPS) is 11.2. The number of rotatable bonds is 6. The second kappa shape index (κ2) is 8.31. The van der Waals surface area contributed by atoms with Crippen molar-refractivity contribution < 1.29 is 47.3 Å². The molecule has 4 nitrogen and oxygen atoms in total. The summed E-state index contributed by atoms with van der Waals surface area (Å²) >= 11 is 0. The van der Waals surface area contributed by atoms with Crippen molar-refractivity contribution in [3.05, 3.63) is 35.9 Å². The summed E-state index contributed by atoms with van der Waals surface area (Å²) in [6, 6.07) is 8.44. The van der Waals surface area contributed by atoms with E-state index in [0.29, 0.717) is 11.3 Å². The van der Waals surface area contributed by atoms with Gasteiger partial charge < -0.3 is 9.29 Å². The number of unbranched alkanes of at least 4 members (excludes halogenated alkanes) is 2. The van der Waals surface area contributed by atoms with Gasteiger partial charge >= 0.3 is 29.6 Å². The first-order valence-corrected chi connectivity index (χ1v) is 8.44. The van der Waals surface area contributed by atoms with Crippen molar-refractivity contribution in [3.8, 4) is 16.9 Å². The first-order valence-electron chi connectivity index (χ1n) is 7.03. The maximum Gasteiger partial charge on any atom is 1.00 e. The average molecular weight is 330 g/mol. The Balaban J connectivity index is 0.00000242. The van der Waals surface area contributed by atoms with Crippen LogP contribution in [0.1, 0.15) is 31.7 Å². The minimum atomic E-state index is -4.50. The molecule has 0 saturated carbocycles. The monoisotopic (exact) mass is 330 g/mol. The van der Waals surface area contributed by atoms with Crippen LogP contribution in [0.5, 0.6) is 5.75 Å². The predicted octanol–water partition coefficient (Wildman–Crippen LogP) is 0.441. The van der Waals surface area contributed by atoms with E-state index < -0.39 is 10.1 Å². The smallest absolute Gasteiger partial charge is 0.744 e. The van der Waals surface area contributed by atoms with Gasteiger partial charge in [0.2, 0.25) is 0 Å². The van der Waals surface area contributed by atoms with Gasteiger partial charge in [0.15, 0.2) is 0 Å². The summed E-state index contributed by atoms with van der Waals surface area (Å²) in [5.41, 5.74) is 2.03. The summed E-state index contributed by atoms with van der Waals surface area (Å²) in [4.78, 5) is -0.154. The Morgan fingerprint density at radius 1 is 1.18 bits per heavy atom. The number of hydrogen-bond acceptors (Lipinski definition) is 4. The fourth-order valence-electron chi connectivity index (χ4n) is 2.58. The molecule has 0 aliphatic heterocycles. The van der Waals surface area contributed by atoms with Crippen LogP contribution in [0.15, 0.2) is 35.2 Å². The van der Waals surface area contributed by atoms with Crippen molar-refractivity contribution in [2.24, 2.45) is 0 Å². The molecule has 0 radical (unpaired) electrons. The number of aryl methyl sites for hydroxylation is 1. The SMILES string of the molecule is CCCCCc1cc(S(=O)(=O)[O-])c2ccccc(OC)c1-2.[Na+]. The average Bonchev–Trinajstić information content (AvgIpc) is 2.66. The molecule has 0 fully saturated rings. The molecule has 0 aromatic heterocycles. The van der Waals surface area contributed by atoms with Gasteiger partial charge in [-0.05, 0) is 30.5 Å². The zero-order valence-electron chi connectivity index (χ0n) is 13.3. The van der Waals surface area contributed by atoms with Crippen molar-refractivity contribution in [3.63, 3.8) is 0 Å². The fraction of sp³-hybridized carbons (Fsp3) is 0.375. The van der Waals surface area contributed by atoms with Gasteiger partial charge in [-0.1, -0.05) is 38.0 Å². The van der Waals surface area contributed by atoms with Gasteiger partial charge in [0, 0.05) is 11.1 Å². The molecule has 6 heteroatoms. The molecule has 114 valence electrons. The van der Waals surface area contributed by atoms with E-state index in [1.165, 1.54) is 6.07 Å².